The van der Waals surface area contributed by atoms with Crippen LogP contribution < -0.4 is 5.73 Å². The molecule has 1 aromatic rings. The molecule has 96 valence electrons. The van der Waals surface area contributed by atoms with Crippen LogP contribution in [0.25, 0.3) is 0 Å². The van der Waals surface area contributed by atoms with Crippen molar-refractivity contribution in [3.05, 3.63) is 35.4 Å². The fourth-order valence-corrected chi connectivity index (χ4v) is 1.86. The van der Waals surface area contributed by atoms with Gasteiger partial charge in [0.25, 0.3) is 0 Å². The zero-order valence-corrected chi connectivity index (χ0v) is 11.4. The Kier molecular flexibility index (Phi) is 6.23. The highest BCUT2D eigenvalue weighted by Gasteiger charge is 2.03. The van der Waals surface area contributed by atoms with Crippen molar-refractivity contribution in [2.75, 3.05) is 26.7 Å². The van der Waals surface area contributed by atoms with Crippen molar-refractivity contribution in [2.24, 2.45) is 11.7 Å². The molecule has 17 heavy (non-hydrogen) atoms. The van der Waals surface area contributed by atoms with Gasteiger partial charge in [-0.2, -0.15) is 0 Å². The summed E-state index contributed by atoms with van der Waals surface area (Å²) in [5, 5.41) is 0. The van der Waals surface area contributed by atoms with E-state index in [0.29, 0.717) is 5.92 Å². The van der Waals surface area contributed by atoms with Gasteiger partial charge in [-0.15, -0.1) is 0 Å². The van der Waals surface area contributed by atoms with Crippen molar-refractivity contribution in [1.29, 1.82) is 0 Å². The second-order valence-electron chi connectivity index (χ2n) is 5.17. The molecular formula is C15H26N2. The van der Waals surface area contributed by atoms with Crippen LogP contribution in [0.4, 0.5) is 0 Å². The molecule has 0 aromatic heterocycles. The first-order valence-electron chi connectivity index (χ1n) is 6.56. The fraction of sp³-hybridized carbons (Fsp3) is 0.600. The van der Waals surface area contributed by atoms with Crippen LogP contribution in [-0.4, -0.2) is 31.6 Å². The summed E-state index contributed by atoms with van der Waals surface area (Å²) in [6, 6.07) is 8.77. The minimum absolute atomic E-state index is 0.636. The molecule has 0 fully saturated rings. The van der Waals surface area contributed by atoms with Crippen LogP contribution in [-0.2, 0) is 6.42 Å². The molecule has 0 spiro atoms. The first kappa shape index (κ1) is 14.2. The molecule has 0 aliphatic carbocycles. The van der Waals surface area contributed by atoms with Gasteiger partial charge in [0.15, 0.2) is 0 Å². The lowest BCUT2D eigenvalue weighted by Gasteiger charge is -2.18. The van der Waals surface area contributed by atoms with Crippen LogP contribution in [0.15, 0.2) is 24.3 Å². The molecule has 2 nitrogen and oxygen atoms in total. The third kappa shape index (κ3) is 5.85. The van der Waals surface area contributed by atoms with Crippen LogP contribution in [0, 0.1) is 12.8 Å². The Labute approximate surface area is 106 Å². The molecule has 1 rings (SSSR count). The number of hydrogen-bond donors (Lipinski definition) is 1. The average Bonchev–Trinajstić information content (AvgIpc) is 2.33. The number of benzene rings is 1. The van der Waals surface area contributed by atoms with Gasteiger partial charge in [0, 0.05) is 6.54 Å². The van der Waals surface area contributed by atoms with E-state index in [9.17, 15) is 0 Å². The first-order chi connectivity index (χ1) is 8.11. The predicted octanol–water partition coefficient (Wildman–Crippen LogP) is 2.45. The zero-order valence-electron chi connectivity index (χ0n) is 11.4. The topological polar surface area (TPSA) is 29.3 Å². The number of nitrogens with zero attached hydrogens (tertiary/aromatic N) is 1. The summed E-state index contributed by atoms with van der Waals surface area (Å²) in [6.45, 7) is 7.43. The number of aryl methyl sites for hydroxylation is 1. The van der Waals surface area contributed by atoms with E-state index in [1.54, 1.807) is 0 Å². The lowest BCUT2D eigenvalue weighted by molar-refractivity contribution is 0.310. The number of likely N-dealkylation sites (N-methyl/N-ethyl adjacent to an activating group) is 1. The minimum atomic E-state index is 0.636. The molecule has 0 aliphatic heterocycles. The van der Waals surface area contributed by atoms with E-state index >= 15 is 0 Å². The van der Waals surface area contributed by atoms with E-state index in [4.69, 9.17) is 5.73 Å². The van der Waals surface area contributed by atoms with Crippen molar-refractivity contribution in [2.45, 2.75) is 26.7 Å². The van der Waals surface area contributed by atoms with Gasteiger partial charge in [-0.25, -0.2) is 0 Å². The van der Waals surface area contributed by atoms with Gasteiger partial charge in [-0.05, 0) is 51.4 Å². The third-order valence-corrected chi connectivity index (χ3v) is 3.27. The Morgan fingerprint density at radius 2 is 2.06 bits per heavy atom. The van der Waals surface area contributed by atoms with Gasteiger partial charge < -0.3 is 10.6 Å². The van der Waals surface area contributed by atoms with Gasteiger partial charge >= 0.3 is 0 Å². The Morgan fingerprint density at radius 1 is 1.29 bits per heavy atom. The SMILES string of the molecule is Cc1cccc(CCN(C)CCC(C)CN)c1. The van der Waals surface area contributed by atoms with Gasteiger partial charge in [0.1, 0.15) is 0 Å². The predicted molar refractivity (Wildman–Crippen MR) is 75.2 cm³/mol. The summed E-state index contributed by atoms with van der Waals surface area (Å²) >= 11 is 0. The molecule has 2 heteroatoms. The van der Waals surface area contributed by atoms with E-state index < -0.39 is 0 Å². The highest BCUT2D eigenvalue weighted by atomic mass is 15.1. The monoisotopic (exact) mass is 234 g/mol. The Balaban J connectivity index is 2.26. The van der Waals surface area contributed by atoms with Gasteiger partial charge in [-0.3, -0.25) is 0 Å². The number of rotatable bonds is 7. The van der Waals surface area contributed by atoms with E-state index in [1.165, 1.54) is 17.5 Å². The third-order valence-electron chi connectivity index (χ3n) is 3.27. The average molecular weight is 234 g/mol. The largest absolute Gasteiger partial charge is 0.330 e. The summed E-state index contributed by atoms with van der Waals surface area (Å²) in [7, 11) is 2.19. The molecule has 0 saturated carbocycles. The first-order valence-corrected chi connectivity index (χ1v) is 6.56. The van der Waals surface area contributed by atoms with Crippen molar-refractivity contribution in [3.8, 4) is 0 Å². The molecular weight excluding hydrogens is 208 g/mol. The van der Waals surface area contributed by atoms with Crippen LogP contribution in [0.3, 0.4) is 0 Å². The van der Waals surface area contributed by atoms with Gasteiger partial charge in [0.2, 0.25) is 0 Å². The molecule has 2 N–H and O–H groups in total. The van der Waals surface area contributed by atoms with Crippen LogP contribution in [0.2, 0.25) is 0 Å². The standard InChI is InChI=1S/C15H26N2/c1-13-5-4-6-15(11-13)8-10-17(3)9-7-14(2)12-16/h4-6,11,14H,7-10,12,16H2,1-3H3. The summed E-state index contributed by atoms with van der Waals surface area (Å²) in [4.78, 5) is 2.40. The molecule has 1 aromatic carbocycles. The van der Waals surface area contributed by atoms with Crippen LogP contribution >= 0.6 is 0 Å². The van der Waals surface area contributed by atoms with E-state index in [1.807, 2.05) is 0 Å². The molecule has 0 heterocycles. The Morgan fingerprint density at radius 3 is 2.71 bits per heavy atom. The maximum atomic E-state index is 5.62. The highest BCUT2D eigenvalue weighted by Crippen LogP contribution is 2.06. The molecule has 1 atom stereocenters. The van der Waals surface area contributed by atoms with Gasteiger partial charge in [0.05, 0.1) is 0 Å². The molecule has 0 amide bonds. The summed E-state index contributed by atoms with van der Waals surface area (Å²) < 4.78 is 0. The second-order valence-corrected chi connectivity index (χ2v) is 5.17. The minimum Gasteiger partial charge on any atom is -0.330 e. The molecule has 0 aliphatic rings. The fourth-order valence-electron chi connectivity index (χ4n) is 1.86. The maximum Gasteiger partial charge on any atom is 0.00188 e. The maximum absolute atomic E-state index is 5.62. The molecule has 0 radical (unpaired) electrons. The molecule has 1 unspecified atom stereocenters. The summed E-state index contributed by atoms with van der Waals surface area (Å²) in [5.74, 6) is 0.636. The van der Waals surface area contributed by atoms with Crippen molar-refractivity contribution >= 4 is 0 Å². The number of hydrogen-bond acceptors (Lipinski definition) is 2. The normalized spacial score (nSPS) is 13.0. The second kappa shape index (κ2) is 7.46. The Bertz CT molecular complexity index is 322. The van der Waals surface area contributed by atoms with Crippen LogP contribution in [0.1, 0.15) is 24.5 Å². The van der Waals surface area contributed by atoms with Gasteiger partial charge in [-0.1, -0.05) is 36.8 Å². The van der Waals surface area contributed by atoms with Crippen molar-refractivity contribution in [3.63, 3.8) is 0 Å². The highest BCUT2D eigenvalue weighted by molar-refractivity contribution is 5.22. The Hall–Kier alpha value is -0.860. The number of nitrogens with two attached hydrogens (primary N) is 1. The summed E-state index contributed by atoms with van der Waals surface area (Å²) in [5.41, 5.74) is 8.40. The van der Waals surface area contributed by atoms with Crippen LogP contribution in [0.5, 0.6) is 0 Å². The van der Waals surface area contributed by atoms with E-state index in [2.05, 4.69) is 50.1 Å². The quantitative estimate of drug-likeness (QED) is 0.785. The van der Waals surface area contributed by atoms with E-state index in [0.717, 1.165) is 26.1 Å². The zero-order chi connectivity index (χ0) is 12.7. The molecule has 0 bridgehead atoms. The van der Waals surface area contributed by atoms with E-state index in [-0.39, 0.29) is 0 Å². The lowest BCUT2D eigenvalue weighted by Crippen LogP contribution is -2.25. The molecule has 0 saturated heterocycles. The lowest BCUT2D eigenvalue weighted by atomic mass is 10.1. The van der Waals surface area contributed by atoms with Crippen molar-refractivity contribution in [1.82, 2.24) is 4.90 Å². The smallest absolute Gasteiger partial charge is 0.00188 e. The summed E-state index contributed by atoms with van der Waals surface area (Å²) in [6.07, 6.45) is 2.33. The van der Waals surface area contributed by atoms with Crippen molar-refractivity contribution < 1.29 is 0 Å².